The van der Waals surface area contributed by atoms with E-state index in [-0.39, 0.29) is 11.9 Å². The van der Waals surface area contributed by atoms with Crippen LogP contribution in [0.4, 0.5) is 0 Å². The molecular weight excluding hydrogens is 208 g/mol. The second-order valence-electron chi connectivity index (χ2n) is 3.56. The maximum absolute atomic E-state index is 11.1. The summed E-state index contributed by atoms with van der Waals surface area (Å²) in [6.07, 6.45) is 0.440. The number of hydrogen-bond acceptors (Lipinski definition) is 4. The Kier molecular flexibility index (Phi) is 2.96. The third-order valence-corrected chi connectivity index (χ3v) is 2.59. The van der Waals surface area contributed by atoms with Gasteiger partial charge in [-0.1, -0.05) is 6.07 Å². The predicted octanol–water partition coefficient (Wildman–Crippen LogP) is 0.769. The second-order valence-corrected chi connectivity index (χ2v) is 3.56. The molecule has 1 unspecified atom stereocenters. The highest BCUT2D eigenvalue weighted by molar-refractivity contribution is 5.78. The highest BCUT2D eigenvalue weighted by atomic mass is 16.5. The lowest BCUT2D eigenvalue weighted by Crippen LogP contribution is -2.27. The quantitative estimate of drug-likeness (QED) is 0.793. The fourth-order valence-corrected chi connectivity index (χ4v) is 1.73. The van der Waals surface area contributed by atoms with Gasteiger partial charge in [0.1, 0.15) is 0 Å². The number of carbonyl (C=O) groups excluding carboxylic acids is 1. The van der Waals surface area contributed by atoms with Crippen LogP contribution >= 0.6 is 0 Å². The van der Waals surface area contributed by atoms with Gasteiger partial charge in [0.2, 0.25) is 5.91 Å². The molecule has 0 radical (unpaired) electrons. The number of benzene rings is 1. The largest absolute Gasteiger partial charge is 0.493 e. The molecule has 0 aliphatic carbocycles. The summed E-state index contributed by atoms with van der Waals surface area (Å²) in [5, 5.41) is 0. The van der Waals surface area contributed by atoms with Gasteiger partial charge in [0.05, 0.1) is 20.3 Å². The second kappa shape index (κ2) is 4.40. The van der Waals surface area contributed by atoms with Gasteiger partial charge in [0, 0.05) is 6.42 Å². The van der Waals surface area contributed by atoms with Gasteiger partial charge in [0.15, 0.2) is 11.5 Å². The molecule has 2 rings (SSSR count). The van der Waals surface area contributed by atoms with Gasteiger partial charge in [-0.05, 0) is 17.7 Å². The third-order valence-electron chi connectivity index (χ3n) is 2.59. The minimum atomic E-state index is -0.00712. The van der Waals surface area contributed by atoms with Gasteiger partial charge >= 0.3 is 0 Å². The lowest BCUT2D eigenvalue weighted by Gasteiger charge is -2.12. The molecule has 0 spiro atoms. The molecule has 1 aliphatic heterocycles. The summed E-state index contributed by atoms with van der Waals surface area (Å²) in [6, 6.07) is 5.61. The van der Waals surface area contributed by atoms with Crippen LogP contribution in [0.15, 0.2) is 18.2 Å². The zero-order chi connectivity index (χ0) is 11.5. The predicted molar refractivity (Wildman–Crippen MR) is 58.2 cm³/mol. The topological polar surface area (TPSA) is 59.6 Å². The molecule has 1 aromatic carbocycles. The summed E-state index contributed by atoms with van der Waals surface area (Å²) >= 11 is 0. The zero-order valence-electron chi connectivity index (χ0n) is 9.24. The monoisotopic (exact) mass is 222 g/mol. The van der Waals surface area contributed by atoms with Crippen molar-refractivity contribution in [1.82, 2.24) is 10.9 Å². The van der Waals surface area contributed by atoms with E-state index in [9.17, 15) is 4.79 Å². The molecule has 1 atom stereocenters. The number of nitrogens with one attached hydrogen (secondary N) is 2. The van der Waals surface area contributed by atoms with E-state index in [4.69, 9.17) is 9.47 Å². The van der Waals surface area contributed by atoms with Gasteiger partial charge in [0.25, 0.3) is 0 Å². The Bertz CT molecular complexity index is 406. The smallest absolute Gasteiger partial charge is 0.236 e. The number of methoxy groups -OCH3 is 2. The molecule has 1 heterocycles. The van der Waals surface area contributed by atoms with Crippen LogP contribution in [0.5, 0.6) is 11.5 Å². The number of carbonyl (C=O) groups is 1. The van der Waals surface area contributed by atoms with Gasteiger partial charge in [-0.15, -0.1) is 0 Å². The molecule has 1 aliphatic rings. The summed E-state index contributed by atoms with van der Waals surface area (Å²) in [5.41, 5.74) is 6.48. The van der Waals surface area contributed by atoms with Crippen molar-refractivity contribution in [2.75, 3.05) is 14.2 Å². The third kappa shape index (κ3) is 1.94. The lowest BCUT2D eigenvalue weighted by molar-refractivity contribution is -0.119. The minimum absolute atomic E-state index is 0.000199. The van der Waals surface area contributed by atoms with Crippen molar-refractivity contribution >= 4 is 5.91 Å². The summed E-state index contributed by atoms with van der Waals surface area (Å²) < 4.78 is 10.4. The Labute approximate surface area is 93.7 Å². The Morgan fingerprint density at radius 1 is 1.25 bits per heavy atom. The molecular formula is C11H14N2O3. The van der Waals surface area contributed by atoms with E-state index < -0.39 is 0 Å². The highest BCUT2D eigenvalue weighted by Crippen LogP contribution is 2.31. The van der Waals surface area contributed by atoms with Crippen LogP contribution in [0.3, 0.4) is 0 Å². The van der Waals surface area contributed by atoms with Crippen LogP contribution in [-0.4, -0.2) is 20.1 Å². The molecule has 5 nitrogen and oxygen atoms in total. The first kappa shape index (κ1) is 10.8. The van der Waals surface area contributed by atoms with Crippen LogP contribution < -0.4 is 20.3 Å². The summed E-state index contributed by atoms with van der Waals surface area (Å²) in [7, 11) is 3.18. The Hall–Kier alpha value is -1.75. The van der Waals surface area contributed by atoms with Crippen LogP contribution in [0, 0.1) is 0 Å². The number of amides is 1. The van der Waals surface area contributed by atoms with E-state index >= 15 is 0 Å². The average Bonchev–Trinajstić information content (AvgIpc) is 2.75. The van der Waals surface area contributed by atoms with Crippen LogP contribution in [0.25, 0.3) is 0 Å². The van der Waals surface area contributed by atoms with Gasteiger partial charge in [-0.25, -0.2) is 5.43 Å². The van der Waals surface area contributed by atoms with Crippen molar-refractivity contribution in [2.24, 2.45) is 0 Å². The van der Waals surface area contributed by atoms with Gasteiger partial charge < -0.3 is 9.47 Å². The van der Waals surface area contributed by atoms with Crippen molar-refractivity contribution in [3.05, 3.63) is 23.8 Å². The van der Waals surface area contributed by atoms with Crippen molar-refractivity contribution in [3.63, 3.8) is 0 Å². The van der Waals surface area contributed by atoms with Crippen LogP contribution in [0.1, 0.15) is 18.0 Å². The molecule has 0 bridgehead atoms. The van der Waals surface area contributed by atoms with Crippen LogP contribution in [0.2, 0.25) is 0 Å². The van der Waals surface area contributed by atoms with E-state index in [1.165, 1.54) is 0 Å². The first-order chi connectivity index (χ1) is 7.74. The molecule has 86 valence electrons. The molecule has 5 heteroatoms. The highest BCUT2D eigenvalue weighted by Gasteiger charge is 2.23. The first-order valence-corrected chi connectivity index (χ1v) is 5.01. The molecule has 0 saturated carbocycles. The number of hydrogen-bond donors (Lipinski definition) is 2. The first-order valence-electron chi connectivity index (χ1n) is 5.01. The molecule has 16 heavy (non-hydrogen) atoms. The van der Waals surface area contributed by atoms with Crippen molar-refractivity contribution in [2.45, 2.75) is 12.5 Å². The Balaban J connectivity index is 2.25. The number of ether oxygens (including phenoxy) is 2. The summed E-state index contributed by atoms with van der Waals surface area (Å²) in [5.74, 6) is 1.35. The molecule has 1 amide bonds. The Morgan fingerprint density at radius 3 is 2.56 bits per heavy atom. The maximum atomic E-state index is 11.1. The fourth-order valence-electron chi connectivity index (χ4n) is 1.73. The average molecular weight is 222 g/mol. The molecule has 1 saturated heterocycles. The van der Waals surface area contributed by atoms with E-state index in [1.807, 2.05) is 18.2 Å². The van der Waals surface area contributed by atoms with E-state index in [2.05, 4.69) is 10.9 Å². The van der Waals surface area contributed by atoms with E-state index in [0.717, 1.165) is 5.56 Å². The summed E-state index contributed by atoms with van der Waals surface area (Å²) in [6.45, 7) is 0. The van der Waals surface area contributed by atoms with E-state index in [0.29, 0.717) is 17.9 Å². The van der Waals surface area contributed by atoms with Crippen molar-refractivity contribution in [3.8, 4) is 11.5 Å². The standard InChI is InChI=1S/C11H14N2O3/c1-15-9-4-3-7(5-10(9)16-2)8-6-11(14)13-12-8/h3-5,8,12H,6H2,1-2H3,(H,13,14). The number of rotatable bonds is 3. The van der Waals surface area contributed by atoms with E-state index in [1.54, 1.807) is 14.2 Å². The van der Waals surface area contributed by atoms with Crippen molar-refractivity contribution in [1.29, 1.82) is 0 Å². The summed E-state index contributed by atoms with van der Waals surface area (Å²) in [4.78, 5) is 11.1. The number of hydrazine groups is 1. The molecule has 1 aromatic rings. The lowest BCUT2D eigenvalue weighted by atomic mass is 10.0. The molecule has 1 fully saturated rings. The molecule has 0 aromatic heterocycles. The van der Waals surface area contributed by atoms with Crippen LogP contribution in [-0.2, 0) is 4.79 Å². The van der Waals surface area contributed by atoms with Gasteiger partial charge in [-0.3, -0.25) is 10.2 Å². The Morgan fingerprint density at radius 2 is 2.00 bits per heavy atom. The molecule has 2 N–H and O–H groups in total. The van der Waals surface area contributed by atoms with Gasteiger partial charge in [-0.2, -0.15) is 0 Å². The van der Waals surface area contributed by atoms with Crippen molar-refractivity contribution < 1.29 is 14.3 Å². The fraction of sp³-hybridized carbons (Fsp3) is 0.364. The zero-order valence-corrected chi connectivity index (χ0v) is 9.24. The normalized spacial score (nSPS) is 19.4. The SMILES string of the molecule is COc1ccc(C2CC(=O)NN2)cc1OC. The minimum Gasteiger partial charge on any atom is -0.493 e. The maximum Gasteiger partial charge on any atom is 0.236 e.